The minimum Gasteiger partial charge on any atom is -0.508 e. The SMILES string of the molecule is CCn1nc(C)c(Cl)c1COc1cccc(O)c1C. The van der Waals surface area contributed by atoms with Gasteiger partial charge in [0.2, 0.25) is 0 Å². The molecule has 2 rings (SSSR count). The van der Waals surface area contributed by atoms with Gasteiger partial charge in [0.1, 0.15) is 18.1 Å². The van der Waals surface area contributed by atoms with Crippen LogP contribution in [0.4, 0.5) is 0 Å². The quantitative estimate of drug-likeness (QED) is 0.933. The molecule has 2 aromatic rings. The number of benzene rings is 1. The van der Waals surface area contributed by atoms with Crippen molar-refractivity contribution in [2.75, 3.05) is 0 Å². The van der Waals surface area contributed by atoms with Crippen LogP contribution in [-0.2, 0) is 13.2 Å². The van der Waals surface area contributed by atoms with Crippen LogP contribution in [0.2, 0.25) is 5.02 Å². The van der Waals surface area contributed by atoms with Crippen LogP contribution >= 0.6 is 11.6 Å². The van der Waals surface area contributed by atoms with Crippen molar-refractivity contribution in [3.05, 3.63) is 40.2 Å². The van der Waals surface area contributed by atoms with E-state index in [0.29, 0.717) is 17.4 Å². The Bertz CT molecular complexity index is 593. The summed E-state index contributed by atoms with van der Waals surface area (Å²) >= 11 is 6.22. The van der Waals surface area contributed by atoms with E-state index in [0.717, 1.165) is 23.5 Å². The Balaban J connectivity index is 2.21. The first-order valence-corrected chi connectivity index (χ1v) is 6.55. The van der Waals surface area contributed by atoms with E-state index in [9.17, 15) is 5.11 Å². The maximum absolute atomic E-state index is 9.63. The maximum atomic E-state index is 9.63. The smallest absolute Gasteiger partial charge is 0.131 e. The van der Waals surface area contributed by atoms with E-state index in [1.807, 2.05) is 31.5 Å². The predicted molar refractivity (Wildman–Crippen MR) is 74.8 cm³/mol. The molecule has 102 valence electrons. The van der Waals surface area contributed by atoms with E-state index in [1.165, 1.54) is 0 Å². The predicted octanol–water partition coefficient (Wildman–Crippen LogP) is 3.46. The molecular weight excluding hydrogens is 264 g/mol. The molecule has 1 aromatic heterocycles. The summed E-state index contributed by atoms with van der Waals surface area (Å²) in [5, 5.41) is 14.6. The van der Waals surface area contributed by atoms with Crippen molar-refractivity contribution >= 4 is 11.6 Å². The molecule has 0 aliphatic rings. The van der Waals surface area contributed by atoms with Crippen LogP contribution < -0.4 is 4.74 Å². The van der Waals surface area contributed by atoms with Crippen LogP contribution in [0.25, 0.3) is 0 Å². The van der Waals surface area contributed by atoms with Gasteiger partial charge in [-0.2, -0.15) is 5.10 Å². The summed E-state index contributed by atoms with van der Waals surface area (Å²) in [5.74, 6) is 0.876. The second-order valence-corrected chi connectivity index (χ2v) is 4.73. The summed E-state index contributed by atoms with van der Waals surface area (Å²) in [6.45, 7) is 6.77. The number of hydrogen-bond acceptors (Lipinski definition) is 3. The van der Waals surface area contributed by atoms with Gasteiger partial charge in [-0.05, 0) is 32.9 Å². The van der Waals surface area contributed by atoms with E-state index in [-0.39, 0.29) is 5.75 Å². The highest BCUT2D eigenvalue weighted by atomic mass is 35.5. The molecule has 0 atom stereocenters. The molecule has 0 saturated carbocycles. The van der Waals surface area contributed by atoms with Gasteiger partial charge in [0.25, 0.3) is 0 Å². The summed E-state index contributed by atoms with van der Waals surface area (Å²) in [7, 11) is 0. The molecule has 1 aromatic carbocycles. The zero-order chi connectivity index (χ0) is 14.0. The molecule has 0 amide bonds. The number of nitrogens with zero attached hydrogens (tertiary/aromatic N) is 2. The number of phenolic OH excluding ortho intramolecular Hbond substituents is 1. The first kappa shape index (κ1) is 13.7. The lowest BCUT2D eigenvalue weighted by Crippen LogP contribution is -2.07. The third-order valence-electron chi connectivity index (χ3n) is 3.07. The number of halogens is 1. The highest BCUT2D eigenvalue weighted by Gasteiger charge is 2.13. The standard InChI is InChI=1S/C14H17ClN2O2/c1-4-17-11(14(15)10(3)16-17)8-19-13-7-5-6-12(18)9(13)2/h5-7,18H,4,8H2,1-3H3. The Morgan fingerprint density at radius 3 is 2.79 bits per heavy atom. The number of aryl methyl sites for hydroxylation is 2. The normalized spacial score (nSPS) is 10.7. The molecule has 0 bridgehead atoms. The number of hydrogen-bond donors (Lipinski definition) is 1. The number of aromatic hydroxyl groups is 1. The average Bonchev–Trinajstić information content (AvgIpc) is 2.67. The van der Waals surface area contributed by atoms with Crippen molar-refractivity contribution in [2.45, 2.75) is 33.9 Å². The third kappa shape index (κ3) is 2.68. The summed E-state index contributed by atoms with van der Waals surface area (Å²) < 4.78 is 7.56. The summed E-state index contributed by atoms with van der Waals surface area (Å²) in [5.41, 5.74) is 2.37. The molecule has 0 fully saturated rings. The van der Waals surface area contributed by atoms with Gasteiger partial charge in [0, 0.05) is 12.1 Å². The van der Waals surface area contributed by atoms with Gasteiger partial charge in [-0.1, -0.05) is 17.7 Å². The minimum absolute atomic E-state index is 0.226. The third-order valence-corrected chi connectivity index (χ3v) is 3.56. The van der Waals surface area contributed by atoms with Crippen LogP contribution in [0.5, 0.6) is 11.5 Å². The molecular formula is C14H17ClN2O2. The van der Waals surface area contributed by atoms with Crippen molar-refractivity contribution in [1.29, 1.82) is 0 Å². The Kier molecular flexibility index (Phi) is 4.00. The van der Waals surface area contributed by atoms with Gasteiger partial charge in [-0.3, -0.25) is 4.68 Å². The Labute approximate surface area is 117 Å². The van der Waals surface area contributed by atoms with Crippen LogP contribution in [-0.4, -0.2) is 14.9 Å². The molecule has 1 N–H and O–H groups in total. The van der Waals surface area contributed by atoms with Crippen LogP contribution in [0, 0.1) is 13.8 Å². The molecule has 1 heterocycles. The summed E-state index contributed by atoms with van der Waals surface area (Å²) in [4.78, 5) is 0. The molecule has 5 heteroatoms. The second-order valence-electron chi connectivity index (χ2n) is 4.35. The van der Waals surface area contributed by atoms with Crippen molar-refractivity contribution in [3.8, 4) is 11.5 Å². The number of rotatable bonds is 4. The first-order chi connectivity index (χ1) is 9.04. The first-order valence-electron chi connectivity index (χ1n) is 6.17. The lowest BCUT2D eigenvalue weighted by molar-refractivity contribution is 0.288. The zero-order valence-electron chi connectivity index (χ0n) is 11.3. The van der Waals surface area contributed by atoms with Gasteiger partial charge in [-0.15, -0.1) is 0 Å². The maximum Gasteiger partial charge on any atom is 0.131 e. The summed E-state index contributed by atoms with van der Waals surface area (Å²) in [6, 6.07) is 5.21. The minimum atomic E-state index is 0.226. The van der Waals surface area contributed by atoms with E-state index >= 15 is 0 Å². The van der Waals surface area contributed by atoms with Gasteiger partial charge < -0.3 is 9.84 Å². The molecule has 0 radical (unpaired) electrons. The topological polar surface area (TPSA) is 47.3 Å². The van der Waals surface area contributed by atoms with E-state index < -0.39 is 0 Å². The second kappa shape index (κ2) is 5.53. The molecule has 0 aliphatic heterocycles. The number of ether oxygens (including phenoxy) is 1. The largest absolute Gasteiger partial charge is 0.508 e. The molecule has 0 unspecified atom stereocenters. The fraction of sp³-hybridized carbons (Fsp3) is 0.357. The molecule has 19 heavy (non-hydrogen) atoms. The van der Waals surface area contributed by atoms with Gasteiger partial charge in [0.05, 0.1) is 16.4 Å². The van der Waals surface area contributed by atoms with E-state index in [2.05, 4.69) is 5.10 Å². The molecule has 0 aliphatic carbocycles. The monoisotopic (exact) mass is 280 g/mol. The van der Waals surface area contributed by atoms with Gasteiger partial charge >= 0.3 is 0 Å². The molecule has 0 spiro atoms. The summed E-state index contributed by atoms with van der Waals surface area (Å²) in [6.07, 6.45) is 0. The fourth-order valence-corrected chi connectivity index (χ4v) is 2.10. The lowest BCUT2D eigenvalue weighted by Gasteiger charge is -2.11. The van der Waals surface area contributed by atoms with Crippen LogP contribution in [0.1, 0.15) is 23.9 Å². The van der Waals surface area contributed by atoms with Crippen molar-refractivity contribution < 1.29 is 9.84 Å². The lowest BCUT2D eigenvalue weighted by atomic mass is 10.2. The van der Waals surface area contributed by atoms with Crippen molar-refractivity contribution in [2.24, 2.45) is 0 Å². The fourth-order valence-electron chi connectivity index (χ4n) is 1.91. The molecule has 0 saturated heterocycles. The van der Waals surface area contributed by atoms with Gasteiger partial charge in [-0.25, -0.2) is 0 Å². The van der Waals surface area contributed by atoms with Gasteiger partial charge in [0.15, 0.2) is 0 Å². The highest BCUT2D eigenvalue weighted by Crippen LogP contribution is 2.28. The Hall–Kier alpha value is -1.68. The average molecular weight is 281 g/mol. The van der Waals surface area contributed by atoms with Crippen molar-refractivity contribution in [3.63, 3.8) is 0 Å². The van der Waals surface area contributed by atoms with Crippen LogP contribution in [0.3, 0.4) is 0 Å². The Morgan fingerprint density at radius 2 is 2.11 bits per heavy atom. The highest BCUT2D eigenvalue weighted by molar-refractivity contribution is 6.31. The van der Waals surface area contributed by atoms with Crippen molar-refractivity contribution in [1.82, 2.24) is 9.78 Å². The van der Waals surface area contributed by atoms with E-state index in [4.69, 9.17) is 16.3 Å². The number of phenols is 1. The van der Waals surface area contributed by atoms with E-state index in [1.54, 1.807) is 12.1 Å². The Morgan fingerprint density at radius 1 is 1.37 bits per heavy atom. The number of aromatic nitrogens is 2. The molecule has 4 nitrogen and oxygen atoms in total. The van der Waals surface area contributed by atoms with Crippen LogP contribution in [0.15, 0.2) is 18.2 Å². The zero-order valence-corrected chi connectivity index (χ0v) is 12.0.